The molecule has 3 aliphatic rings. The van der Waals surface area contributed by atoms with Gasteiger partial charge in [0.05, 0.1) is 11.5 Å². The topological polar surface area (TPSA) is 44.0 Å². The highest BCUT2D eigenvalue weighted by atomic mass is 16.3. The van der Waals surface area contributed by atoms with Crippen LogP contribution >= 0.6 is 0 Å². The second kappa shape index (κ2) is 3.61. The predicted octanol–water partition coefficient (Wildman–Crippen LogP) is 3.15. The fraction of sp³-hybridized carbons (Fsp3) is 0.588. The van der Waals surface area contributed by atoms with Crippen molar-refractivity contribution < 1.29 is 5.11 Å². The molecule has 1 N–H and O–H groups in total. The molecule has 2 saturated carbocycles. The first kappa shape index (κ1) is 11.5. The molecule has 0 aliphatic heterocycles. The van der Waals surface area contributed by atoms with Crippen LogP contribution in [0.2, 0.25) is 0 Å². The first-order valence-corrected chi connectivity index (χ1v) is 7.42. The molecule has 3 aliphatic carbocycles. The zero-order valence-electron chi connectivity index (χ0n) is 11.1. The Morgan fingerprint density at radius 3 is 2.79 bits per heavy atom. The highest BCUT2D eigenvalue weighted by molar-refractivity contribution is 5.42. The summed E-state index contributed by atoms with van der Waals surface area (Å²) in [7, 11) is 0. The molecule has 98 valence electrons. The van der Waals surface area contributed by atoms with Gasteiger partial charge in [-0.1, -0.05) is 30.7 Å². The molecule has 2 bridgehead atoms. The SMILES string of the molecule is N#CC1(C2(O)CCc3ccccc32)CC2CCC1C2. The largest absolute Gasteiger partial charge is 0.383 e. The van der Waals surface area contributed by atoms with Gasteiger partial charge in [-0.2, -0.15) is 5.26 Å². The Morgan fingerprint density at radius 2 is 2.11 bits per heavy atom. The summed E-state index contributed by atoms with van der Waals surface area (Å²) in [5.41, 5.74) is 0.840. The van der Waals surface area contributed by atoms with E-state index in [-0.39, 0.29) is 0 Å². The van der Waals surface area contributed by atoms with Gasteiger partial charge >= 0.3 is 0 Å². The Hall–Kier alpha value is -1.33. The van der Waals surface area contributed by atoms with Crippen LogP contribution in [0.5, 0.6) is 0 Å². The minimum absolute atomic E-state index is 0.402. The molecule has 0 aromatic heterocycles. The smallest absolute Gasteiger partial charge is 0.109 e. The van der Waals surface area contributed by atoms with Crippen LogP contribution in [0, 0.1) is 28.6 Å². The van der Waals surface area contributed by atoms with E-state index < -0.39 is 11.0 Å². The maximum absolute atomic E-state index is 11.4. The van der Waals surface area contributed by atoms with Gasteiger partial charge in [-0.05, 0) is 55.1 Å². The molecule has 4 unspecified atom stereocenters. The lowest BCUT2D eigenvalue weighted by Crippen LogP contribution is -2.47. The molecule has 1 aromatic carbocycles. The van der Waals surface area contributed by atoms with Crippen molar-refractivity contribution in [1.82, 2.24) is 0 Å². The maximum atomic E-state index is 11.4. The van der Waals surface area contributed by atoms with Gasteiger partial charge in [0.15, 0.2) is 0 Å². The summed E-state index contributed by atoms with van der Waals surface area (Å²) in [5.74, 6) is 1.07. The fourth-order valence-corrected chi connectivity index (χ4v) is 5.12. The number of nitriles is 1. The average molecular weight is 253 g/mol. The third kappa shape index (κ3) is 1.25. The van der Waals surface area contributed by atoms with Crippen LogP contribution in [0.15, 0.2) is 24.3 Å². The minimum Gasteiger partial charge on any atom is -0.383 e. The van der Waals surface area contributed by atoms with Gasteiger partial charge in [0.1, 0.15) is 5.60 Å². The van der Waals surface area contributed by atoms with Crippen molar-refractivity contribution in [3.8, 4) is 6.07 Å². The van der Waals surface area contributed by atoms with E-state index in [1.54, 1.807) is 0 Å². The Bertz CT molecular complexity index is 575. The van der Waals surface area contributed by atoms with Crippen LogP contribution in [0.4, 0.5) is 0 Å². The maximum Gasteiger partial charge on any atom is 0.109 e. The van der Waals surface area contributed by atoms with E-state index in [1.807, 2.05) is 18.2 Å². The van der Waals surface area contributed by atoms with Crippen molar-refractivity contribution in [2.75, 3.05) is 0 Å². The summed E-state index contributed by atoms with van der Waals surface area (Å²) in [6.45, 7) is 0. The number of rotatable bonds is 1. The molecular formula is C17H19NO. The van der Waals surface area contributed by atoms with Crippen LogP contribution < -0.4 is 0 Å². The fourth-order valence-electron chi connectivity index (χ4n) is 5.12. The second-order valence-corrected chi connectivity index (χ2v) is 6.68. The average Bonchev–Trinajstić information content (AvgIpc) is 3.13. The number of hydrogen-bond acceptors (Lipinski definition) is 2. The molecule has 0 radical (unpaired) electrons. The second-order valence-electron chi connectivity index (χ2n) is 6.68. The van der Waals surface area contributed by atoms with E-state index in [4.69, 9.17) is 0 Å². The quantitative estimate of drug-likeness (QED) is 0.835. The van der Waals surface area contributed by atoms with Crippen molar-refractivity contribution in [2.45, 2.75) is 44.1 Å². The van der Waals surface area contributed by atoms with Crippen molar-refractivity contribution in [1.29, 1.82) is 5.26 Å². The van der Waals surface area contributed by atoms with Crippen molar-refractivity contribution in [3.63, 3.8) is 0 Å². The lowest BCUT2D eigenvalue weighted by molar-refractivity contribution is -0.0869. The highest BCUT2D eigenvalue weighted by Gasteiger charge is 2.64. The van der Waals surface area contributed by atoms with Crippen molar-refractivity contribution in [2.24, 2.45) is 17.3 Å². The van der Waals surface area contributed by atoms with Crippen LogP contribution in [0.25, 0.3) is 0 Å². The van der Waals surface area contributed by atoms with E-state index >= 15 is 0 Å². The summed E-state index contributed by atoms with van der Waals surface area (Å²) in [5, 5.41) is 21.3. The molecule has 0 heterocycles. The van der Waals surface area contributed by atoms with Gasteiger partial charge in [-0.3, -0.25) is 0 Å². The molecule has 1 aromatic rings. The molecule has 0 amide bonds. The summed E-state index contributed by atoms with van der Waals surface area (Å²) in [4.78, 5) is 0. The Kier molecular flexibility index (Phi) is 2.18. The number of benzene rings is 1. The number of aliphatic hydroxyl groups is 1. The first-order chi connectivity index (χ1) is 9.19. The van der Waals surface area contributed by atoms with Crippen molar-refractivity contribution >= 4 is 0 Å². The number of nitrogens with zero attached hydrogens (tertiary/aromatic N) is 1. The Morgan fingerprint density at radius 1 is 1.26 bits per heavy atom. The third-order valence-corrected chi connectivity index (χ3v) is 6.01. The summed E-state index contributed by atoms with van der Waals surface area (Å²) in [6.07, 6.45) is 6.07. The van der Waals surface area contributed by atoms with E-state index in [0.717, 1.165) is 37.7 Å². The van der Waals surface area contributed by atoms with Crippen LogP contribution in [-0.4, -0.2) is 5.11 Å². The number of fused-ring (bicyclic) bond motifs is 3. The molecule has 0 spiro atoms. The summed E-state index contributed by atoms with van der Waals surface area (Å²) >= 11 is 0. The van der Waals surface area contributed by atoms with Crippen LogP contribution in [0.1, 0.15) is 43.2 Å². The molecule has 2 heteroatoms. The van der Waals surface area contributed by atoms with E-state index in [1.165, 1.54) is 12.0 Å². The molecule has 2 fully saturated rings. The Labute approximate surface area is 114 Å². The first-order valence-electron chi connectivity index (χ1n) is 7.42. The number of hydrogen-bond donors (Lipinski definition) is 1. The minimum atomic E-state index is -0.905. The number of aryl methyl sites for hydroxylation is 1. The zero-order valence-corrected chi connectivity index (χ0v) is 11.1. The van der Waals surface area contributed by atoms with Crippen LogP contribution in [-0.2, 0) is 12.0 Å². The lowest BCUT2D eigenvalue weighted by atomic mass is 9.61. The van der Waals surface area contributed by atoms with Gasteiger partial charge in [0, 0.05) is 0 Å². The van der Waals surface area contributed by atoms with Crippen LogP contribution in [0.3, 0.4) is 0 Å². The van der Waals surface area contributed by atoms with E-state index in [9.17, 15) is 10.4 Å². The van der Waals surface area contributed by atoms with Gasteiger partial charge in [0.2, 0.25) is 0 Å². The normalized spacial score (nSPS) is 43.2. The lowest BCUT2D eigenvalue weighted by Gasteiger charge is -2.44. The molecule has 2 nitrogen and oxygen atoms in total. The van der Waals surface area contributed by atoms with Gasteiger partial charge in [0.25, 0.3) is 0 Å². The summed E-state index contributed by atoms with van der Waals surface area (Å²) < 4.78 is 0. The van der Waals surface area contributed by atoms with E-state index in [2.05, 4.69) is 12.1 Å². The van der Waals surface area contributed by atoms with E-state index in [0.29, 0.717) is 11.8 Å². The molecular weight excluding hydrogens is 234 g/mol. The molecule has 4 rings (SSSR count). The standard InChI is InChI=1S/C17H19NO/c18-11-16(10-12-5-6-14(16)9-12)17(19)8-7-13-3-1-2-4-15(13)17/h1-4,12,14,19H,5-10H2. The Balaban J connectivity index is 1.86. The predicted molar refractivity (Wildman–Crippen MR) is 72.2 cm³/mol. The molecule has 4 atom stereocenters. The zero-order chi connectivity index (χ0) is 13.1. The monoisotopic (exact) mass is 253 g/mol. The summed E-state index contributed by atoms with van der Waals surface area (Å²) in [6, 6.07) is 10.7. The third-order valence-electron chi connectivity index (χ3n) is 6.01. The highest BCUT2D eigenvalue weighted by Crippen LogP contribution is 2.65. The molecule has 19 heavy (non-hydrogen) atoms. The molecule has 0 saturated heterocycles. The van der Waals surface area contributed by atoms with Gasteiger partial charge < -0.3 is 5.11 Å². The van der Waals surface area contributed by atoms with Gasteiger partial charge in [-0.25, -0.2) is 0 Å². The van der Waals surface area contributed by atoms with Gasteiger partial charge in [-0.15, -0.1) is 0 Å². The van der Waals surface area contributed by atoms with Crippen molar-refractivity contribution in [3.05, 3.63) is 35.4 Å².